The Hall–Kier alpha value is -6.65. The standard InChI is InChI=1S/C46H30N4/c47-28-37-42(48-31-24-22-30(23-25-31)45-49-41-21-11-7-17-36(41)44(50-45)29-12-2-1-3-13-29)27-26-35-34-16-6-10-20-40(34)46(43(35)37)38-18-8-4-14-32(38)33-15-5-9-19-39(33)46/h1-28,47-48H. The number of para-hydroxylation sites is 1. The van der Waals surface area contributed by atoms with Crippen molar-refractivity contribution in [3.63, 3.8) is 0 Å². The van der Waals surface area contributed by atoms with E-state index in [1.807, 2.05) is 36.4 Å². The lowest BCUT2D eigenvalue weighted by Crippen LogP contribution is -2.27. The molecule has 0 bridgehead atoms. The second-order valence-corrected chi connectivity index (χ2v) is 13.0. The van der Waals surface area contributed by atoms with Crippen LogP contribution in [0.15, 0.2) is 164 Å². The van der Waals surface area contributed by atoms with Crippen molar-refractivity contribution in [3.8, 4) is 44.9 Å². The van der Waals surface area contributed by atoms with Gasteiger partial charge >= 0.3 is 0 Å². The van der Waals surface area contributed by atoms with Crippen LogP contribution >= 0.6 is 0 Å². The summed E-state index contributed by atoms with van der Waals surface area (Å²) in [7, 11) is 0. The number of nitrogens with one attached hydrogen (secondary N) is 2. The van der Waals surface area contributed by atoms with Crippen molar-refractivity contribution in [3.05, 3.63) is 192 Å². The van der Waals surface area contributed by atoms with Crippen molar-refractivity contribution in [1.29, 1.82) is 5.41 Å². The minimum Gasteiger partial charge on any atom is -0.355 e. The molecule has 0 radical (unpaired) electrons. The molecule has 0 amide bonds. The summed E-state index contributed by atoms with van der Waals surface area (Å²) in [5.41, 5.74) is 15.9. The first-order chi connectivity index (χ1) is 24.8. The first-order valence-electron chi connectivity index (χ1n) is 16.9. The summed E-state index contributed by atoms with van der Waals surface area (Å²) in [6.45, 7) is 0. The number of benzene rings is 7. The first kappa shape index (κ1) is 28.4. The minimum absolute atomic E-state index is 0.516. The number of aromatic nitrogens is 2. The normalized spacial score (nSPS) is 13.0. The first-order valence-corrected chi connectivity index (χ1v) is 16.9. The Labute approximate surface area is 290 Å². The maximum absolute atomic E-state index is 8.86. The van der Waals surface area contributed by atoms with Gasteiger partial charge in [0.25, 0.3) is 0 Å². The van der Waals surface area contributed by atoms with E-state index in [9.17, 15) is 0 Å². The molecule has 2 aliphatic rings. The van der Waals surface area contributed by atoms with Gasteiger partial charge in [-0.3, -0.25) is 0 Å². The number of hydrogen-bond donors (Lipinski definition) is 2. The third kappa shape index (κ3) is 3.96. The summed E-state index contributed by atoms with van der Waals surface area (Å²) < 4.78 is 0. The molecule has 0 unspecified atom stereocenters. The minimum atomic E-state index is -0.516. The molecule has 2 aliphatic carbocycles. The van der Waals surface area contributed by atoms with Gasteiger partial charge in [-0.1, -0.05) is 127 Å². The lowest BCUT2D eigenvalue weighted by atomic mass is 9.69. The van der Waals surface area contributed by atoms with Gasteiger partial charge in [0.2, 0.25) is 0 Å². The molecule has 1 spiro atoms. The van der Waals surface area contributed by atoms with E-state index in [0.29, 0.717) is 5.82 Å². The molecule has 1 aromatic heterocycles. The van der Waals surface area contributed by atoms with Crippen LogP contribution in [0.25, 0.3) is 55.8 Å². The molecule has 0 aliphatic heterocycles. The van der Waals surface area contributed by atoms with Crippen molar-refractivity contribution in [2.24, 2.45) is 0 Å². The highest BCUT2D eigenvalue weighted by Crippen LogP contribution is 2.63. The van der Waals surface area contributed by atoms with Gasteiger partial charge in [-0.15, -0.1) is 0 Å². The van der Waals surface area contributed by atoms with Crippen LogP contribution in [0.4, 0.5) is 11.4 Å². The Bertz CT molecular complexity index is 2580. The summed E-state index contributed by atoms with van der Waals surface area (Å²) in [5.74, 6) is 0.685. The number of fused-ring (bicyclic) bond motifs is 11. The molecule has 0 atom stereocenters. The van der Waals surface area contributed by atoms with Crippen LogP contribution in [0.5, 0.6) is 0 Å². The molecule has 0 fully saturated rings. The summed E-state index contributed by atoms with van der Waals surface area (Å²) in [6.07, 6.45) is 1.53. The van der Waals surface area contributed by atoms with Crippen molar-refractivity contribution >= 4 is 28.5 Å². The maximum atomic E-state index is 8.86. The number of anilines is 2. The fraction of sp³-hybridized carbons (Fsp3) is 0.0217. The SMILES string of the molecule is N=Cc1c(Nc2ccc(-c3nc(-c4ccccc4)c4ccccc4n3)cc2)ccc2c1C1(c3ccccc3-c3ccccc31)c1ccccc1-2. The van der Waals surface area contributed by atoms with Gasteiger partial charge < -0.3 is 10.7 Å². The molecule has 1 heterocycles. The number of rotatable bonds is 5. The van der Waals surface area contributed by atoms with Crippen LogP contribution in [0.1, 0.15) is 27.8 Å². The summed E-state index contributed by atoms with van der Waals surface area (Å²) >= 11 is 0. The third-order valence-electron chi connectivity index (χ3n) is 10.4. The largest absolute Gasteiger partial charge is 0.355 e. The molecule has 2 N–H and O–H groups in total. The fourth-order valence-corrected chi connectivity index (χ4v) is 8.36. The van der Waals surface area contributed by atoms with Crippen molar-refractivity contribution in [1.82, 2.24) is 9.97 Å². The maximum Gasteiger partial charge on any atom is 0.160 e. The number of nitrogens with zero attached hydrogens (tertiary/aromatic N) is 2. The lowest BCUT2D eigenvalue weighted by Gasteiger charge is -2.32. The molecule has 8 aromatic rings. The average Bonchev–Trinajstić information content (AvgIpc) is 3.65. The topological polar surface area (TPSA) is 61.7 Å². The van der Waals surface area contributed by atoms with Gasteiger partial charge in [0.05, 0.1) is 16.6 Å². The zero-order valence-electron chi connectivity index (χ0n) is 27.1. The van der Waals surface area contributed by atoms with E-state index in [4.69, 9.17) is 15.4 Å². The quantitative estimate of drug-likeness (QED) is 0.184. The lowest BCUT2D eigenvalue weighted by molar-refractivity contribution is 0.792. The predicted molar refractivity (Wildman–Crippen MR) is 204 cm³/mol. The third-order valence-corrected chi connectivity index (χ3v) is 10.4. The van der Waals surface area contributed by atoms with Crippen LogP contribution in [0.3, 0.4) is 0 Å². The Morgan fingerprint density at radius 2 is 1.08 bits per heavy atom. The molecule has 4 nitrogen and oxygen atoms in total. The Kier molecular flexibility index (Phi) is 6.21. The van der Waals surface area contributed by atoms with Gasteiger partial charge in [0.1, 0.15) is 0 Å². The fourth-order valence-electron chi connectivity index (χ4n) is 8.36. The van der Waals surface area contributed by atoms with Crippen molar-refractivity contribution in [2.75, 3.05) is 5.32 Å². The van der Waals surface area contributed by atoms with Crippen LogP contribution in [0.2, 0.25) is 0 Å². The van der Waals surface area contributed by atoms with Gasteiger partial charge in [0.15, 0.2) is 5.82 Å². The van der Waals surface area contributed by atoms with Crippen molar-refractivity contribution in [2.45, 2.75) is 5.41 Å². The molecule has 50 heavy (non-hydrogen) atoms. The molecular formula is C46H30N4. The van der Waals surface area contributed by atoms with E-state index in [1.54, 1.807) is 0 Å². The summed E-state index contributed by atoms with van der Waals surface area (Å²) in [4.78, 5) is 10.0. The number of hydrogen-bond acceptors (Lipinski definition) is 4. The highest BCUT2D eigenvalue weighted by molar-refractivity contribution is 6.03. The second kappa shape index (κ2) is 10.9. The molecule has 0 saturated carbocycles. The molecule has 0 saturated heterocycles. The molecule has 234 valence electrons. The summed E-state index contributed by atoms with van der Waals surface area (Å²) in [6, 6.07) is 57.4. The Morgan fingerprint density at radius 1 is 0.500 bits per heavy atom. The van der Waals surface area contributed by atoms with Crippen molar-refractivity contribution < 1.29 is 0 Å². The Balaban J connectivity index is 1.09. The zero-order valence-corrected chi connectivity index (χ0v) is 27.1. The highest BCUT2D eigenvalue weighted by atomic mass is 14.9. The predicted octanol–water partition coefficient (Wildman–Crippen LogP) is 11.0. The van der Waals surface area contributed by atoms with Crippen LogP contribution < -0.4 is 5.32 Å². The average molecular weight is 639 g/mol. The van der Waals surface area contributed by atoms with Gasteiger partial charge in [0, 0.05) is 39.7 Å². The van der Waals surface area contributed by atoms with Gasteiger partial charge in [-0.05, 0) is 80.9 Å². The van der Waals surface area contributed by atoms with Crippen LogP contribution in [0, 0.1) is 5.41 Å². The van der Waals surface area contributed by atoms with Crippen LogP contribution in [-0.2, 0) is 5.41 Å². The summed E-state index contributed by atoms with van der Waals surface area (Å²) in [5, 5.41) is 13.6. The zero-order chi connectivity index (χ0) is 33.2. The highest BCUT2D eigenvalue weighted by Gasteiger charge is 2.52. The second-order valence-electron chi connectivity index (χ2n) is 13.0. The van der Waals surface area contributed by atoms with Gasteiger partial charge in [-0.2, -0.15) is 0 Å². The van der Waals surface area contributed by atoms with E-state index < -0.39 is 5.41 Å². The van der Waals surface area contributed by atoms with E-state index in [0.717, 1.165) is 50.2 Å². The van der Waals surface area contributed by atoms with E-state index in [-0.39, 0.29) is 0 Å². The Morgan fingerprint density at radius 3 is 1.74 bits per heavy atom. The monoisotopic (exact) mass is 638 g/mol. The van der Waals surface area contributed by atoms with E-state index in [1.165, 1.54) is 45.2 Å². The molecule has 10 rings (SSSR count). The molecule has 7 aromatic carbocycles. The smallest absolute Gasteiger partial charge is 0.160 e. The molecular weight excluding hydrogens is 609 g/mol. The van der Waals surface area contributed by atoms with Gasteiger partial charge in [-0.25, -0.2) is 9.97 Å². The van der Waals surface area contributed by atoms with E-state index in [2.05, 4.69) is 133 Å². The van der Waals surface area contributed by atoms with E-state index >= 15 is 0 Å². The molecule has 4 heteroatoms. The van der Waals surface area contributed by atoms with Crippen LogP contribution in [-0.4, -0.2) is 16.2 Å².